The summed E-state index contributed by atoms with van der Waals surface area (Å²) in [6.07, 6.45) is 1.60. The van der Waals surface area contributed by atoms with Crippen LogP contribution in [0.15, 0.2) is 52.3 Å². The number of ether oxygens (including phenoxy) is 2. The van der Waals surface area contributed by atoms with E-state index in [0.717, 1.165) is 17.0 Å². The second-order valence-electron chi connectivity index (χ2n) is 7.65. The van der Waals surface area contributed by atoms with Crippen molar-refractivity contribution < 1.29 is 41.4 Å². The van der Waals surface area contributed by atoms with E-state index in [1.165, 1.54) is 43.5 Å². The topological polar surface area (TPSA) is 159 Å². The van der Waals surface area contributed by atoms with Gasteiger partial charge in [0.15, 0.2) is 16.4 Å². The fourth-order valence-corrected chi connectivity index (χ4v) is 5.03. The van der Waals surface area contributed by atoms with Gasteiger partial charge in [0.2, 0.25) is 0 Å². The van der Waals surface area contributed by atoms with Gasteiger partial charge in [-0.3, -0.25) is 29.4 Å². The zero-order chi connectivity index (χ0) is 27.3. The summed E-state index contributed by atoms with van der Waals surface area (Å²) in [4.78, 5) is 47.5. The minimum absolute atomic E-state index is 0.0320. The molecule has 1 aliphatic heterocycles. The van der Waals surface area contributed by atoms with Gasteiger partial charge in [-0.15, -0.1) is 0 Å². The number of esters is 1. The molecule has 1 saturated heterocycles. The number of carbonyl (C=O) groups is 3. The first-order chi connectivity index (χ1) is 17.5. The smallest absolute Gasteiger partial charge is 0.346 e. The van der Waals surface area contributed by atoms with Crippen molar-refractivity contribution in [3.63, 3.8) is 0 Å². The summed E-state index contributed by atoms with van der Waals surface area (Å²) in [7, 11) is -3.34. The zero-order valence-electron chi connectivity index (χ0n) is 19.9. The molecule has 1 heterocycles. The Balaban J connectivity index is 1.82. The average molecular weight is 551 g/mol. The third-order valence-electron chi connectivity index (χ3n) is 5.08. The highest BCUT2D eigenvalue weighted by Crippen LogP contribution is 2.36. The Kier molecular flexibility index (Phi) is 8.55. The van der Waals surface area contributed by atoms with Gasteiger partial charge in [-0.25, -0.2) is 0 Å². The largest absolute Gasteiger partial charge is 0.493 e. The van der Waals surface area contributed by atoms with Crippen LogP contribution in [0.3, 0.4) is 0 Å². The van der Waals surface area contributed by atoms with E-state index < -0.39 is 49.3 Å². The van der Waals surface area contributed by atoms with E-state index in [4.69, 9.17) is 13.7 Å². The number of methoxy groups -OCH3 is 1. The van der Waals surface area contributed by atoms with E-state index in [1.54, 1.807) is 6.92 Å². The third kappa shape index (κ3) is 6.46. The molecule has 0 aromatic heterocycles. The number of imide groups is 1. The van der Waals surface area contributed by atoms with Crippen LogP contribution in [0.1, 0.15) is 25.8 Å². The predicted molar refractivity (Wildman–Crippen MR) is 132 cm³/mol. The molecule has 1 aliphatic rings. The van der Waals surface area contributed by atoms with Crippen molar-refractivity contribution >= 4 is 50.8 Å². The molecule has 0 spiro atoms. The molecule has 196 valence electrons. The van der Waals surface area contributed by atoms with E-state index in [0.29, 0.717) is 23.7 Å². The normalized spacial score (nSPS) is 15.5. The van der Waals surface area contributed by atoms with Crippen LogP contribution in [-0.4, -0.2) is 55.1 Å². The van der Waals surface area contributed by atoms with E-state index in [9.17, 15) is 32.9 Å². The van der Waals surface area contributed by atoms with Gasteiger partial charge in [0.25, 0.3) is 16.8 Å². The molecule has 0 saturated carbocycles. The number of nitrogens with zero attached hydrogens (tertiary/aromatic N) is 2. The molecule has 0 radical (unpaired) electrons. The van der Waals surface area contributed by atoms with Crippen LogP contribution in [0.2, 0.25) is 0 Å². The molecule has 0 unspecified atom stereocenters. The number of thioether (sulfide) groups is 1. The average Bonchev–Trinajstić information content (AvgIpc) is 3.11. The predicted octanol–water partition coefficient (Wildman–Crippen LogP) is 3.75. The van der Waals surface area contributed by atoms with Gasteiger partial charge in [0.05, 0.1) is 23.0 Å². The summed E-state index contributed by atoms with van der Waals surface area (Å²) >= 11 is 0.631. The number of rotatable bonds is 10. The molecule has 14 heteroatoms. The highest BCUT2D eigenvalue weighted by atomic mass is 32.2. The number of amides is 2. The van der Waals surface area contributed by atoms with Crippen LogP contribution in [0.4, 0.5) is 10.5 Å². The maximum absolute atomic E-state index is 12.7. The molecule has 2 aromatic carbocycles. The molecular formula is C23H22N2O10S2. The second-order valence-corrected chi connectivity index (χ2v) is 10.2. The van der Waals surface area contributed by atoms with Crippen LogP contribution in [0.5, 0.6) is 11.5 Å². The van der Waals surface area contributed by atoms with Crippen LogP contribution in [-0.2, 0) is 24.4 Å². The maximum atomic E-state index is 12.7. The number of para-hydroxylation sites is 1. The lowest BCUT2D eigenvalue weighted by atomic mass is 10.2. The highest BCUT2D eigenvalue weighted by Gasteiger charge is 2.37. The minimum Gasteiger partial charge on any atom is -0.493 e. The Labute approximate surface area is 216 Å². The molecule has 0 aliphatic carbocycles. The number of benzene rings is 2. The van der Waals surface area contributed by atoms with E-state index in [1.807, 2.05) is 6.92 Å². The summed E-state index contributed by atoms with van der Waals surface area (Å²) in [5.74, 6) is -1.69. The number of hydrogen-bond donors (Lipinski definition) is 0. The lowest BCUT2D eigenvalue weighted by Gasteiger charge is -2.14. The van der Waals surface area contributed by atoms with Crippen molar-refractivity contribution in [1.82, 2.24) is 4.90 Å². The van der Waals surface area contributed by atoms with Gasteiger partial charge >= 0.3 is 16.1 Å². The first-order valence-electron chi connectivity index (χ1n) is 10.8. The molecule has 2 amide bonds. The molecule has 12 nitrogen and oxygen atoms in total. The Bertz CT molecular complexity index is 1390. The summed E-state index contributed by atoms with van der Waals surface area (Å²) < 4.78 is 40.9. The first kappa shape index (κ1) is 27.7. The van der Waals surface area contributed by atoms with Crippen LogP contribution < -0.4 is 8.92 Å². The van der Waals surface area contributed by atoms with Gasteiger partial charge in [-0.05, 0) is 54.9 Å². The van der Waals surface area contributed by atoms with Crippen molar-refractivity contribution in [2.45, 2.75) is 31.3 Å². The molecule has 37 heavy (non-hydrogen) atoms. The molecule has 0 bridgehead atoms. The van der Waals surface area contributed by atoms with E-state index >= 15 is 0 Å². The van der Waals surface area contributed by atoms with Crippen LogP contribution in [0.25, 0.3) is 6.08 Å². The Morgan fingerprint density at radius 1 is 1.19 bits per heavy atom. The highest BCUT2D eigenvalue weighted by molar-refractivity contribution is 8.18. The standard InChI is InChI=1S/C23H22N2O10S2/c1-4-14(2)34-21(26)13-24-22(27)19(36-23(24)28)12-15-9-10-17(18(11-15)33-3)35-37(31,32)20-8-6-5-7-16(20)25(29)30/h5-12,14H,4,13H2,1-3H3/b19-12-/t14-/m0/s1. The monoisotopic (exact) mass is 550 g/mol. The molecule has 1 atom stereocenters. The lowest BCUT2D eigenvalue weighted by Crippen LogP contribution is -2.35. The number of nitro benzene ring substituents is 1. The van der Waals surface area contributed by atoms with Crippen molar-refractivity contribution in [3.05, 3.63) is 63.0 Å². The summed E-state index contributed by atoms with van der Waals surface area (Å²) in [5.41, 5.74) is -0.290. The minimum atomic E-state index is -4.59. The quantitative estimate of drug-likeness (QED) is 0.139. The fourth-order valence-electron chi connectivity index (χ4n) is 3.09. The Morgan fingerprint density at radius 3 is 2.54 bits per heavy atom. The van der Waals surface area contributed by atoms with E-state index in [-0.39, 0.29) is 22.5 Å². The number of hydrogen-bond acceptors (Lipinski definition) is 11. The number of carbonyl (C=O) groups excluding carboxylic acids is 3. The maximum Gasteiger partial charge on any atom is 0.346 e. The number of nitro groups is 1. The van der Waals surface area contributed by atoms with Gasteiger partial charge in [0.1, 0.15) is 6.54 Å². The third-order valence-corrected chi connectivity index (χ3v) is 7.27. The Morgan fingerprint density at radius 2 is 1.89 bits per heavy atom. The molecule has 3 rings (SSSR count). The van der Waals surface area contributed by atoms with Gasteiger partial charge < -0.3 is 13.7 Å². The van der Waals surface area contributed by atoms with Crippen molar-refractivity contribution in [2.75, 3.05) is 13.7 Å². The SMILES string of the molecule is CC[C@H](C)OC(=O)CN1C(=O)S/C(=C\c2ccc(OS(=O)(=O)c3ccccc3[N+](=O)[O-])c(OC)c2)C1=O. The summed E-state index contributed by atoms with van der Waals surface area (Å²) in [6.45, 7) is 3.00. The molecule has 1 fully saturated rings. The van der Waals surface area contributed by atoms with E-state index in [2.05, 4.69) is 0 Å². The van der Waals surface area contributed by atoms with Crippen LogP contribution in [0, 0.1) is 10.1 Å². The van der Waals surface area contributed by atoms with Crippen molar-refractivity contribution in [2.24, 2.45) is 0 Å². The molecule has 0 N–H and O–H groups in total. The van der Waals surface area contributed by atoms with Crippen molar-refractivity contribution in [3.8, 4) is 11.5 Å². The van der Waals surface area contributed by atoms with Crippen molar-refractivity contribution in [1.29, 1.82) is 0 Å². The lowest BCUT2D eigenvalue weighted by molar-refractivity contribution is -0.387. The summed E-state index contributed by atoms with van der Waals surface area (Å²) in [5, 5.41) is 10.6. The summed E-state index contributed by atoms with van der Waals surface area (Å²) in [6, 6.07) is 8.72. The molecule has 2 aromatic rings. The zero-order valence-corrected chi connectivity index (χ0v) is 21.5. The molecular weight excluding hydrogens is 528 g/mol. The Hall–Kier alpha value is -3.91. The first-order valence-corrected chi connectivity index (χ1v) is 13.0. The van der Waals surface area contributed by atoms with Crippen LogP contribution >= 0.6 is 11.8 Å². The second kappa shape index (κ2) is 11.4. The van der Waals surface area contributed by atoms with Gasteiger partial charge in [-0.1, -0.05) is 25.1 Å². The van der Waals surface area contributed by atoms with Gasteiger partial charge in [-0.2, -0.15) is 8.42 Å². The fraction of sp³-hybridized carbons (Fsp3) is 0.261. The van der Waals surface area contributed by atoms with Gasteiger partial charge in [0, 0.05) is 6.07 Å².